The second kappa shape index (κ2) is 11.0. The van der Waals surface area contributed by atoms with Gasteiger partial charge in [-0.25, -0.2) is 0 Å². The number of rotatable bonds is 6. The summed E-state index contributed by atoms with van der Waals surface area (Å²) in [7, 11) is 0. The van der Waals surface area contributed by atoms with Crippen LogP contribution in [0.25, 0.3) is 0 Å². The van der Waals surface area contributed by atoms with Crippen molar-refractivity contribution in [2.75, 3.05) is 13.2 Å². The highest BCUT2D eigenvalue weighted by molar-refractivity contribution is 4.95. The molecule has 3 aliphatic rings. The van der Waals surface area contributed by atoms with Crippen molar-refractivity contribution in [3.05, 3.63) is 0 Å². The normalized spacial score (nSPS) is 53.7. The highest BCUT2D eigenvalue weighted by atomic mass is 16.8. The van der Waals surface area contributed by atoms with Crippen LogP contribution in [0, 0.1) is 0 Å². The zero-order valence-electron chi connectivity index (χ0n) is 17.6. The van der Waals surface area contributed by atoms with Crippen molar-refractivity contribution in [1.82, 2.24) is 0 Å². The van der Waals surface area contributed by atoms with Gasteiger partial charge in [-0.05, 0) is 6.92 Å². The number of ether oxygens (including phenoxy) is 5. The van der Waals surface area contributed by atoms with E-state index >= 15 is 0 Å². The van der Waals surface area contributed by atoms with Crippen molar-refractivity contribution in [3.8, 4) is 0 Å². The third kappa shape index (κ3) is 5.32. The van der Waals surface area contributed by atoms with Gasteiger partial charge in [-0.3, -0.25) is 0 Å². The molecule has 3 heterocycles. The molecule has 0 aromatic heterocycles. The molecular weight excluding hydrogens is 456 g/mol. The Morgan fingerprint density at radius 2 is 0.970 bits per heavy atom. The molecule has 194 valence electrons. The van der Waals surface area contributed by atoms with E-state index in [4.69, 9.17) is 23.7 Å². The fourth-order valence-corrected chi connectivity index (χ4v) is 4.02. The maximum Gasteiger partial charge on any atom is 0.187 e. The van der Waals surface area contributed by atoms with Gasteiger partial charge in [0.05, 0.1) is 19.3 Å². The van der Waals surface area contributed by atoms with E-state index in [2.05, 4.69) is 0 Å². The summed E-state index contributed by atoms with van der Waals surface area (Å²) in [5.41, 5.74) is 0. The van der Waals surface area contributed by atoms with Crippen LogP contribution in [-0.2, 0) is 23.7 Å². The summed E-state index contributed by atoms with van der Waals surface area (Å²) in [5, 5.41) is 99.4. The lowest BCUT2D eigenvalue weighted by atomic mass is 9.96. The standard InChI is InChI=1S/C18H32O15/c1-4-14(32-17-11(25)9(23)7(21)5(2-19)30-17)15(13(27)16(28)29-4)33-18-12(26)10(24)8(22)6(3-20)31-18/h4-28H,2-3H2,1H3/t4-,5+,6+,7+,8+,9-,10-,11+,12+,13+,14-,15-,16+,17-,18-/m0/s1. The van der Waals surface area contributed by atoms with Crippen LogP contribution in [0.1, 0.15) is 6.92 Å². The van der Waals surface area contributed by atoms with Gasteiger partial charge in [0.2, 0.25) is 0 Å². The van der Waals surface area contributed by atoms with Gasteiger partial charge in [-0.1, -0.05) is 0 Å². The first-order valence-electron chi connectivity index (χ1n) is 10.4. The molecule has 33 heavy (non-hydrogen) atoms. The molecule has 0 aromatic rings. The van der Waals surface area contributed by atoms with Gasteiger partial charge in [0.1, 0.15) is 67.1 Å². The molecular formula is C18H32O15. The highest BCUT2D eigenvalue weighted by Crippen LogP contribution is 2.32. The Morgan fingerprint density at radius 1 is 0.545 bits per heavy atom. The third-order valence-electron chi connectivity index (χ3n) is 6.05. The van der Waals surface area contributed by atoms with Gasteiger partial charge in [0, 0.05) is 0 Å². The number of aliphatic hydroxyl groups excluding tert-OH is 10. The zero-order chi connectivity index (χ0) is 24.6. The lowest BCUT2D eigenvalue weighted by Gasteiger charge is -2.48. The zero-order valence-corrected chi connectivity index (χ0v) is 17.6. The predicted molar refractivity (Wildman–Crippen MR) is 99.8 cm³/mol. The van der Waals surface area contributed by atoms with Crippen molar-refractivity contribution in [1.29, 1.82) is 0 Å². The van der Waals surface area contributed by atoms with E-state index < -0.39 is 105 Å². The molecule has 0 radical (unpaired) electrons. The molecule has 10 N–H and O–H groups in total. The van der Waals surface area contributed by atoms with Gasteiger partial charge in [0.25, 0.3) is 0 Å². The molecule has 15 heteroatoms. The van der Waals surface area contributed by atoms with E-state index in [1.54, 1.807) is 0 Å². The monoisotopic (exact) mass is 488 g/mol. The van der Waals surface area contributed by atoms with Crippen LogP contribution in [0.3, 0.4) is 0 Å². The largest absolute Gasteiger partial charge is 0.394 e. The summed E-state index contributed by atoms with van der Waals surface area (Å²) in [6.07, 6.45) is -23.9. The first-order chi connectivity index (χ1) is 15.5. The van der Waals surface area contributed by atoms with Crippen LogP contribution >= 0.6 is 0 Å². The number of aliphatic hydroxyl groups is 10. The second-order valence-corrected chi connectivity index (χ2v) is 8.32. The molecule has 0 unspecified atom stereocenters. The van der Waals surface area contributed by atoms with Crippen LogP contribution in [0.5, 0.6) is 0 Å². The minimum atomic E-state index is -1.82. The van der Waals surface area contributed by atoms with Crippen LogP contribution in [0.4, 0.5) is 0 Å². The molecule has 15 atom stereocenters. The number of hydrogen-bond acceptors (Lipinski definition) is 15. The van der Waals surface area contributed by atoms with E-state index in [0.717, 1.165) is 0 Å². The van der Waals surface area contributed by atoms with Crippen molar-refractivity contribution in [2.24, 2.45) is 0 Å². The van der Waals surface area contributed by atoms with Gasteiger partial charge < -0.3 is 74.7 Å². The van der Waals surface area contributed by atoms with Gasteiger partial charge >= 0.3 is 0 Å². The van der Waals surface area contributed by atoms with E-state index in [1.807, 2.05) is 0 Å². The van der Waals surface area contributed by atoms with Crippen molar-refractivity contribution in [3.63, 3.8) is 0 Å². The van der Waals surface area contributed by atoms with Crippen LogP contribution in [0.15, 0.2) is 0 Å². The SMILES string of the molecule is C[C@@H]1O[C@@H](O)[C@H](O)[C@H](O[C@@H]2O[C@H](CO)[C@@H](O)[C@H](O)[C@H]2O)[C@H]1O[C@@H]1O[C@H](CO)[C@@H](O)[C@H](O)[C@H]1O. The molecule has 3 saturated heterocycles. The molecule has 0 spiro atoms. The molecule has 3 aliphatic heterocycles. The summed E-state index contributed by atoms with van der Waals surface area (Å²) in [4.78, 5) is 0. The van der Waals surface area contributed by atoms with Crippen LogP contribution < -0.4 is 0 Å². The Bertz CT molecular complexity index is 622. The minimum absolute atomic E-state index is 0.715. The fraction of sp³-hybridized carbons (Fsp3) is 1.00. The Hall–Kier alpha value is -0.600. The summed E-state index contributed by atoms with van der Waals surface area (Å²) >= 11 is 0. The van der Waals surface area contributed by atoms with Crippen LogP contribution in [-0.4, -0.2) is 156 Å². The minimum Gasteiger partial charge on any atom is -0.394 e. The molecule has 0 bridgehead atoms. The lowest BCUT2D eigenvalue weighted by Crippen LogP contribution is -2.66. The Labute approximate surface area is 187 Å². The first kappa shape index (κ1) is 27.0. The Morgan fingerprint density at radius 3 is 1.39 bits per heavy atom. The average molecular weight is 488 g/mol. The second-order valence-electron chi connectivity index (χ2n) is 8.32. The maximum absolute atomic E-state index is 10.5. The van der Waals surface area contributed by atoms with Crippen molar-refractivity contribution in [2.45, 2.75) is 99.0 Å². The quantitative estimate of drug-likeness (QED) is 0.167. The molecule has 3 fully saturated rings. The van der Waals surface area contributed by atoms with Crippen molar-refractivity contribution >= 4 is 0 Å². The molecule has 0 saturated carbocycles. The molecule has 0 aliphatic carbocycles. The fourth-order valence-electron chi connectivity index (χ4n) is 4.02. The van der Waals surface area contributed by atoms with Gasteiger partial charge in [-0.2, -0.15) is 0 Å². The molecule has 3 rings (SSSR count). The summed E-state index contributed by atoms with van der Waals surface area (Å²) in [6, 6.07) is 0. The molecule has 15 nitrogen and oxygen atoms in total. The van der Waals surface area contributed by atoms with Gasteiger partial charge in [-0.15, -0.1) is 0 Å². The first-order valence-corrected chi connectivity index (χ1v) is 10.4. The summed E-state index contributed by atoms with van der Waals surface area (Å²) in [6.45, 7) is -0.0357. The Balaban J connectivity index is 1.80. The van der Waals surface area contributed by atoms with Crippen LogP contribution in [0.2, 0.25) is 0 Å². The number of hydrogen-bond donors (Lipinski definition) is 10. The van der Waals surface area contributed by atoms with Crippen molar-refractivity contribution < 1.29 is 74.7 Å². The van der Waals surface area contributed by atoms with E-state index in [1.165, 1.54) is 6.92 Å². The van der Waals surface area contributed by atoms with Gasteiger partial charge in [0.15, 0.2) is 18.9 Å². The predicted octanol–water partition coefficient (Wildman–Crippen LogP) is -6.55. The van der Waals surface area contributed by atoms with E-state index in [9.17, 15) is 51.1 Å². The maximum atomic E-state index is 10.5. The smallest absolute Gasteiger partial charge is 0.187 e. The summed E-state index contributed by atoms with van der Waals surface area (Å²) < 4.78 is 27.0. The third-order valence-corrected chi connectivity index (χ3v) is 6.05. The topological polar surface area (TPSA) is 248 Å². The average Bonchev–Trinajstić information content (AvgIpc) is 2.79. The highest BCUT2D eigenvalue weighted by Gasteiger charge is 2.53. The lowest BCUT2D eigenvalue weighted by molar-refractivity contribution is -0.380. The van der Waals surface area contributed by atoms with E-state index in [-0.39, 0.29) is 0 Å². The summed E-state index contributed by atoms with van der Waals surface area (Å²) in [5.74, 6) is 0. The van der Waals surface area contributed by atoms with E-state index in [0.29, 0.717) is 0 Å². The Kier molecular flexibility index (Phi) is 8.99. The molecule has 0 aromatic carbocycles. The molecule has 0 amide bonds.